The summed E-state index contributed by atoms with van der Waals surface area (Å²) >= 11 is 6.26. The molecule has 196 valence electrons. The second-order valence-electron chi connectivity index (χ2n) is 9.65. The van der Waals surface area contributed by atoms with Gasteiger partial charge in [-0.15, -0.1) is 0 Å². The Hall–Kier alpha value is -4.49. The SMILES string of the molecule is COc1ccc(C)cc1NC(=O)N1Cc2c(C)nn(-c3ccccc3)c2-n2cccc2C1c1ccc(Cl)cc1. The molecule has 0 aliphatic carbocycles. The van der Waals surface area contributed by atoms with Gasteiger partial charge in [-0.3, -0.25) is 0 Å². The molecule has 3 heterocycles. The summed E-state index contributed by atoms with van der Waals surface area (Å²) in [6, 6.07) is 26.9. The van der Waals surface area contributed by atoms with Crippen LogP contribution in [0.5, 0.6) is 5.75 Å². The first-order valence-corrected chi connectivity index (χ1v) is 13.1. The van der Waals surface area contributed by atoms with Gasteiger partial charge < -0.3 is 19.5 Å². The highest BCUT2D eigenvalue weighted by Crippen LogP contribution is 2.39. The van der Waals surface area contributed by atoms with Crippen molar-refractivity contribution in [3.05, 3.63) is 124 Å². The van der Waals surface area contributed by atoms with E-state index in [0.29, 0.717) is 23.0 Å². The quantitative estimate of drug-likeness (QED) is 0.266. The van der Waals surface area contributed by atoms with Crippen LogP contribution in [0.15, 0.2) is 91.1 Å². The number of aromatic nitrogens is 3. The highest BCUT2D eigenvalue weighted by molar-refractivity contribution is 6.30. The maximum Gasteiger partial charge on any atom is 0.323 e. The normalized spacial score (nSPS) is 14.4. The monoisotopic (exact) mass is 537 g/mol. The summed E-state index contributed by atoms with van der Waals surface area (Å²) in [4.78, 5) is 16.0. The fraction of sp³-hybridized carbons (Fsp3) is 0.161. The molecule has 0 saturated carbocycles. The molecular formula is C31H28ClN5O2. The third-order valence-electron chi connectivity index (χ3n) is 7.13. The van der Waals surface area contributed by atoms with E-state index in [1.54, 1.807) is 7.11 Å². The Labute approximate surface area is 232 Å². The van der Waals surface area contributed by atoms with Gasteiger partial charge in [0.2, 0.25) is 0 Å². The molecule has 3 aromatic carbocycles. The van der Waals surface area contributed by atoms with Crippen LogP contribution in [0.4, 0.5) is 10.5 Å². The van der Waals surface area contributed by atoms with Crippen molar-refractivity contribution < 1.29 is 9.53 Å². The summed E-state index contributed by atoms with van der Waals surface area (Å²) in [5, 5.41) is 8.67. The average Bonchev–Trinajstić information content (AvgIpc) is 3.50. The molecule has 0 saturated heterocycles. The van der Waals surface area contributed by atoms with Gasteiger partial charge in [0.05, 0.1) is 42.5 Å². The first-order chi connectivity index (χ1) is 18.9. The van der Waals surface area contributed by atoms with Crippen LogP contribution in [0.25, 0.3) is 11.5 Å². The van der Waals surface area contributed by atoms with Crippen molar-refractivity contribution in [3.8, 4) is 17.3 Å². The van der Waals surface area contributed by atoms with Gasteiger partial charge in [0, 0.05) is 16.8 Å². The minimum atomic E-state index is -0.385. The van der Waals surface area contributed by atoms with E-state index in [1.165, 1.54) is 0 Å². The molecule has 1 N–H and O–H groups in total. The van der Waals surface area contributed by atoms with Crippen LogP contribution in [0.1, 0.15) is 34.1 Å². The highest BCUT2D eigenvalue weighted by atomic mass is 35.5. The fourth-order valence-electron chi connectivity index (χ4n) is 5.25. The lowest BCUT2D eigenvalue weighted by atomic mass is 10.0. The van der Waals surface area contributed by atoms with E-state index >= 15 is 0 Å². The third-order valence-corrected chi connectivity index (χ3v) is 7.38. The van der Waals surface area contributed by atoms with Crippen molar-refractivity contribution in [2.24, 2.45) is 0 Å². The second kappa shape index (κ2) is 10.0. The Morgan fingerprint density at radius 2 is 1.77 bits per heavy atom. The van der Waals surface area contributed by atoms with Crippen molar-refractivity contribution >= 4 is 23.3 Å². The molecule has 0 spiro atoms. The van der Waals surface area contributed by atoms with Crippen LogP contribution in [0.2, 0.25) is 5.02 Å². The zero-order chi connectivity index (χ0) is 27.1. The lowest BCUT2D eigenvalue weighted by Crippen LogP contribution is -2.38. The molecule has 2 aromatic heterocycles. The number of carbonyl (C=O) groups is 1. The third kappa shape index (κ3) is 4.45. The van der Waals surface area contributed by atoms with E-state index in [2.05, 4.69) is 16.0 Å². The number of anilines is 1. The number of benzene rings is 3. The molecule has 0 fully saturated rings. The van der Waals surface area contributed by atoms with Gasteiger partial charge in [-0.25, -0.2) is 9.48 Å². The molecular weight excluding hydrogens is 510 g/mol. The summed E-state index contributed by atoms with van der Waals surface area (Å²) in [6.45, 7) is 4.32. The van der Waals surface area contributed by atoms with Crippen LogP contribution in [0.3, 0.4) is 0 Å². The molecule has 1 aliphatic heterocycles. The van der Waals surface area contributed by atoms with Crippen LogP contribution in [-0.4, -0.2) is 32.4 Å². The Bertz CT molecular complexity index is 1660. The zero-order valence-corrected chi connectivity index (χ0v) is 22.7. The predicted octanol–water partition coefficient (Wildman–Crippen LogP) is 7.08. The Kier molecular flexibility index (Phi) is 6.37. The number of ether oxygens (including phenoxy) is 1. The van der Waals surface area contributed by atoms with Gasteiger partial charge in [0.15, 0.2) is 0 Å². The van der Waals surface area contributed by atoms with E-state index < -0.39 is 0 Å². The number of carbonyl (C=O) groups excluding carboxylic acids is 1. The molecule has 39 heavy (non-hydrogen) atoms. The minimum absolute atomic E-state index is 0.244. The van der Waals surface area contributed by atoms with Crippen molar-refractivity contribution in [1.29, 1.82) is 0 Å². The number of amides is 2. The molecule has 0 bridgehead atoms. The van der Waals surface area contributed by atoms with Gasteiger partial charge in [0.25, 0.3) is 0 Å². The number of hydrogen-bond donors (Lipinski definition) is 1. The number of fused-ring (bicyclic) bond motifs is 3. The molecule has 1 aliphatic rings. The lowest BCUT2D eigenvalue weighted by Gasteiger charge is -2.31. The van der Waals surface area contributed by atoms with Crippen molar-refractivity contribution in [1.82, 2.24) is 19.2 Å². The topological polar surface area (TPSA) is 64.3 Å². The van der Waals surface area contributed by atoms with E-state index in [4.69, 9.17) is 21.4 Å². The van der Waals surface area contributed by atoms with Crippen LogP contribution < -0.4 is 10.1 Å². The van der Waals surface area contributed by atoms with Gasteiger partial charge in [0.1, 0.15) is 11.6 Å². The van der Waals surface area contributed by atoms with Crippen molar-refractivity contribution in [2.75, 3.05) is 12.4 Å². The summed E-state index contributed by atoms with van der Waals surface area (Å²) < 4.78 is 9.64. The molecule has 0 radical (unpaired) electrons. The van der Waals surface area contributed by atoms with Crippen molar-refractivity contribution in [3.63, 3.8) is 0 Å². The second-order valence-corrected chi connectivity index (χ2v) is 10.1. The lowest BCUT2D eigenvalue weighted by molar-refractivity contribution is 0.194. The molecule has 1 unspecified atom stereocenters. The molecule has 2 amide bonds. The zero-order valence-electron chi connectivity index (χ0n) is 21.9. The minimum Gasteiger partial charge on any atom is -0.495 e. The van der Waals surface area contributed by atoms with Gasteiger partial charge in [-0.2, -0.15) is 5.10 Å². The standard InChI is InChI=1S/C31H28ClN5O2/c1-20-11-16-28(39-3)26(18-20)33-31(38)36-19-25-21(2)34-37(24-8-5-4-6-9-24)30(25)35-17-7-10-27(35)29(36)22-12-14-23(32)15-13-22/h4-18,29H,19H2,1-3H3,(H,33,38). The maximum atomic E-state index is 14.2. The van der Waals surface area contributed by atoms with E-state index in [-0.39, 0.29) is 12.1 Å². The number of hydrogen-bond acceptors (Lipinski definition) is 3. The summed E-state index contributed by atoms with van der Waals surface area (Å²) in [7, 11) is 1.60. The molecule has 6 rings (SSSR count). The molecule has 5 aromatic rings. The Balaban J connectivity index is 1.53. The average molecular weight is 538 g/mol. The van der Waals surface area contributed by atoms with E-state index in [9.17, 15) is 4.79 Å². The molecule has 7 nitrogen and oxygen atoms in total. The number of methoxy groups -OCH3 is 1. The Morgan fingerprint density at radius 1 is 1.00 bits per heavy atom. The fourth-order valence-corrected chi connectivity index (χ4v) is 5.38. The number of nitrogens with one attached hydrogen (secondary N) is 1. The maximum absolute atomic E-state index is 14.2. The van der Waals surface area contributed by atoms with E-state index in [0.717, 1.165) is 39.6 Å². The summed E-state index contributed by atoms with van der Waals surface area (Å²) in [6.07, 6.45) is 2.03. The van der Waals surface area contributed by atoms with Crippen LogP contribution in [0, 0.1) is 13.8 Å². The first kappa shape index (κ1) is 24.8. The Morgan fingerprint density at radius 3 is 2.51 bits per heavy atom. The highest BCUT2D eigenvalue weighted by Gasteiger charge is 2.36. The molecule has 1 atom stereocenters. The number of halogens is 1. The number of aryl methyl sites for hydroxylation is 2. The number of urea groups is 1. The number of nitrogens with zero attached hydrogens (tertiary/aromatic N) is 4. The van der Waals surface area contributed by atoms with Crippen LogP contribution in [-0.2, 0) is 6.54 Å². The van der Waals surface area contributed by atoms with Gasteiger partial charge in [-0.1, -0.05) is 48.0 Å². The van der Waals surface area contributed by atoms with E-state index in [1.807, 2.05) is 108 Å². The van der Waals surface area contributed by atoms with Crippen molar-refractivity contribution in [2.45, 2.75) is 26.4 Å². The smallest absolute Gasteiger partial charge is 0.323 e. The van der Waals surface area contributed by atoms with Gasteiger partial charge in [-0.05, 0) is 73.5 Å². The number of para-hydroxylation sites is 1. The first-order valence-electron chi connectivity index (χ1n) is 12.7. The summed E-state index contributed by atoms with van der Waals surface area (Å²) in [5.41, 5.74) is 6.32. The molecule has 8 heteroatoms. The largest absolute Gasteiger partial charge is 0.495 e. The van der Waals surface area contributed by atoms with Gasteiger partial charge >= 0.3 is 6.03 Å². The number of rotatable bonds is 4. The van der Waals surface area contributed by atoms with Crippen LogP contribution >= 0.6 is 11.6 Å². The summed E-state index contributed by atoms with van der Waals surface area (Å²) in [5.74, 6) is 1.52. The predicted molar refractivity (Wildman–Crippen MR) is 153 cm³/mol.